The predicted octanol–water partition coefficient (Wildman–Crippen LogP) is -0.0139. The molecule has 66 valence electrons. The summed E-state index contributed by atoms with van der Waals surface area (Å²) in [6.07, 6.45) is 1.46. The van der Waals surface area contributed by atoms with Gasteiger partial charge in [-0.3, -0.25) is 0 Å². The molecular formula is C7H10N2O3. The molecule has 0 spiro atoms. The number of nitrogens with zero attached hydrogens (tertiary/aromatic N) is 2. The smallest absolute Gasteiger partial charge is 0.316 e. The first-order valence-corrected chi connectivity index (χ1v) is 3.36. The SMILES string of the molecule is COc1ncc(OC)c(CO)n1. The third-order valence-electron chi connectivity index (χ3n) is 1.36. The number of methoxy groups -OCH3 is 2. The van der Waals surface area contributed by atoms with Crippen LogP contribution in [0.25, 0.3) is 0 Å². The van der Waals surface area contributed by atoms with Crippen LogP contribution >= 0.6 is 0 Å². The number of aromatic nitrogens is 2. The summed E-state index contributed by atoms with van der Waals surface area (Å²) in [4.78, 5) is 7.68. The Labute approximate surface area is 70.0 Å². The fourth-order valence-electron chi connectivity index (χ4n) is 0.770. The van der Waals surface area contributed by atoms with Crippen LogP contribution < -0.4 is 9.47 Å². The molecule has 0 unspecified atom stereocenters. The maximum atomic E-state index is 8.84. The average molecular weight is 170 g/mol. The zero-order valence-corrected chi connectivity index (χ0v) is 6.94. The highest BCUT2D eigenvalue weighted by molar-refractivity contribution is 5.25. The molecule has 12 heavy (non-hydrogen) atoms. The fourth-order valence-corrected chi connectivity index (χ4v) is 0.770. The Balaban J connectivity index is 3.02. The van der Waals surface area contributed by atoms with E-state index in [0.717, 1.165) is 0 Å². The van der Waals surface area contributed by atoms with E-state index < -0.39 is 0 Å². The summed E-state index contributed by atoms with van der Waals surface area (Å²) < 4.78 is 9.66. The van der Waals surface area contributed by atoms with Gasteiger partial charge in [0, 0.05) is 0 Å². The third-order valence-corrected chi connectivity index (χ3v) is 1.36. The molecule has 0 saturated heterocycles. The van der Waals surface area contributed by atoms with E-state index in [-0.39, 0.29) is 12.6 Å². The zero-order valence-electron chi connectivity index (χ0n) is 6.94. The summed E-state index contributed by atoms with van der Waals surface area (Å²) in [7, 11) is 2.95. The van der Waals surface area contributed by atoms with Crippen molar-refractivity contribution >= 4 is 0 Å². The van der Waals surface area contributed by atoms with Gasteiger partial charge in [0.25, 0.3) is 0 Å². The van der Waals surface area contributed by atoms with Gasteiger partial charge in [-0.15, -0.1) is 0 Å². The van der Waals surface area contributed by atoms with Crippen LogP contribution in [0, 0.1) is 0 Å². The lowest BCUT2D eigenvalue weighted by Gasteiger charge is -2.04. The molecule has 1 heterocycles. The van der Waals surface area contributed by atoms with Crippen LogP contribution in [0.3, 0.4) is 0 Å². The summed E-state index contributed by atoms with van der Waals surface area (Å²) in [5, 5.41) is 8.84. The molecule has 0 saturated carbocycles. The Hall–Kier alpha value is -1.36. The van der Waals surface area contributed by atoms with Crippen LogP contribution in [0.5, 0.6) is 11.8 Å². The third kappa shape index (κ3) is 1.62. The summed E-state index contributed by atoms with van der Waals surface area (Å²) in [5.41, 5.74) is 0.421. The van der Waals surface area contributed by atoms with E-state index in [0.29, 0.717) is 11.4 Å². The van der Waals surface area contributed by atoms with Crippen molar-refractivity contribution in [3.8, 4) is 11.8 Å². The van der Waals surface area contributed by atoms with Crippen molar-refractivity contribution in [3.05, 3.63) is 11.9 Å². The second-order valence-electron chi connectivity index (χ2n) is 2.03. The molecule has 5 heteroatoms. The maximum absolute atomic E-state index is 8.84. The molecule has 5 nitrogen and oxygen atoms in total. The largest absolute Gasteiger partial charge is 0.493 e. The Kier molecular flexibility index (Phi) is 2.82. The van der Waals surface area contributed by atoms with Crippen LogP contribution in [-0.2, 0) is 6.61 Å². The predicted molar refractivity (Wildman–Crippen MR) is 41.1 cm³/mol. The van der Waals surface area contributed by atoms with Crippen molar-refractivity contribution < 1.29 is 14.6 Å². The lowest BCUT2D eigenvalue weighted by molar-refractivity contribution is 0.263. The van der Waals surface area contributed by atoms with Crippen molar-refractivity contribution in [2.75, 3.05) is 14.2 Å². The quantitative estimate of drug-likeness (QED) is 0.691. The van der Waals surface area contributed by atoms with Gasteiger partial charge in [0.1, 0.15) is 5.69 Å². The van der Waals surface area contributed by atoms with E-state index >= 15 is 0 Å². The van der Waals surface area contributed by atoms with Gasteiger partial charge in [-0.1, -0.05) is 0 Å². The minimum absolute atomic E-state index is 0.192. The summed E-state index contributed by atoms with van der Waals surface area (Å²) in [5.74, 6) is 0.457. The van der Waals surface area contributed by atoms with Crippen LogP contribution in [0.4, 0.5) is 0 Å². The highest BCUT2D eigenvalue weighted by Crippen LogP contribution is 2.16. The summed E-state index contributed by atoms with van der Waals surface area (Å²) >= 11 is 0. The van der Waals surface area contributed by atoms with Gasteiger partial charge < -0.3 is 14.6 Å². The van der Waals surface area contributed by atoms with Crippen molar-refractivity contribution in [2.45, 2.75) is 6.61 Å². The van der Waals surface area contributed by atoms with Gasteiger partial charge in [0.2, 0.25) is 0 Å². The fraction of sp³-hybridized carbons (Fsp3) is 0.429. The average Bonchev–Trinajstić information content (AvgIpc) is 2.16. The minimum Gasteiger partial charge on any atom is -0.493 e. The van der Waals surface area contributed by atoms with Gasteiger partial charge in [-0.05, 0) is 0 Å². The molecule has 1 aromatic rings. The van der Waals surface area contributed by atoms with Gasteiger partial charge in [0.05, 0.1) is 27.0 Å². The molecule has 0 atom stereocenters. The van der Waals surface area contributed by atoms with Crippen LogP contribution in [-0.4, -0.2) is 29.3 Å². The maximum Gasteiger partial charge on any atom is 0.316 e. The van der Waals surface area contributed by atoms with Crippen LogP contribution in [0.2, 0.25) is 0 Å². The lowest BCUT2D eigenvalue weighted by Crippen LogP contribution is -2.00. The van der Waals surface area contributed by atoms with E-state index in [2.05, 4.69) is 9.97 Å². The van der Waals surface area contributed by atoms with Gasteiger partial charge >= 0.3 is 6.01 Å². The highest BCUT2D eigenvalue weighted by atomic mass is 16.5. The molecule has 0 radical (unpaired) electrons. The van der Waals surface area contributed by atoms with Crippen LogP contribution in [0.15, 0.2) is 6.20 Å². The Bertz CT molecular complexity index is 265. The minimum atomic E-state index is -0.192. The number of aliphatic hydroxyl groups is 1. The molecular weight excluding hydrogens is 160 g/mol. The molecule has 0 aromatic carbocycles. The first-order chi connectivity index (χ1) is 5.81. The Morgan fingerprint density at radius 3 is 2.67 bits per heavy atom. The molecule has 0 amide bonds. The number of hydrogen-bond donors (Lipinski definition) is 1. The van der Waals surface area contributed by atoms with Gasteiger partial charge in [-0.2, -0.15) is 9.97 Å². The van der Waals surface area contributed by atoms with E-state index in [1.165, 1.54) is 20.4 Å². The Morgan fingerprint density at radius 1 is 1.42 bits per heavy atom. The molecule has 1 N–H and O–H groups in total. The van der Waals surface area contributed by atoms with E-state index in [1.54, 1.807) is 0 Å². The topological polar surface area (TPSA) is 64.5 Å². The molecule has 0 aliphatic rings. The molecule has 1 aromatic heterocycles. The molecule has 0 aliphatic heterocycles. The van der Waals surface area contributed by atoms with E-state index in [1.807, 2.05) is 0 Å². The van der Waals surface area contributed by atoms with Crippen molar-refractivity contribution in [1.82, 2.24) is 9.97 Å². The Morgan fingerprint density at radius 2 is 2.17 bits per heavy atom. The first-order valence-electron chi connectivity index (χ1n) is 3.36. The van der Waals surface area contributed by atoms with E-state index in [4.69, 9.17) is 14.6 Å². The van der Waals surface area contributed by atoms with Crippen molar-refractivity contribution in [3.63, 3.8) is 0 Å². The summed E-state index contributed by atoms with van der Waals surface area (Å²) in [6.45, 7) is -0.192. The second kappa shape index (κ2) is 3.87. The van der Waals surface area contributed by atoms with Gasteiger partial charge in [-0.25, -0.2) is 0 Å². The highest BCUT2D eigenvalue weighted by Gasteiger charge is 2.05. The van der Waals surface area contributed by atoms with Gasteiger partial charge in [0.15, 0.2) is 5.75 Å². The van der Waals surface area contributed by atoms with Crippen LogP contribution in [0.1, 0.15) is 5.69 Å². The summed E-state index contributed by atoms with van der Waals surface area (Å²) in [6, 6.07) is 0.222. The number of rotatable bonds is 3. The lowest BCUT2D eigenvalue weighted by atomic mass is 10.4. The first kappa shape index (κ1) is 8.73. The van der Waals surface area contributed by atoms with Crippen molar-refractivity contribution in [2.24, 2.45) is 0 Å². The standard InChI is InChI=1S/C7H10N2O3/c1-11-6-3-8-7(12-2)9-5(6)4-10/h3,10H,4H2,1-2H3. The normalized spacial score (nSPS) is 9.58. The molecule has 0 fully saturated rings. The zero-order chi connectivity index (χ0) is 8.97. The monoisotopic (exact) mass is 170 g/mol. The van der Waals surface area contributed by atoms with Crippen molar-refractivity contribution in [1.29, 1.82) is 0 Å². The molecule has 0 aliphatic carbocycles. The molecule has 1 rings (SSSR count). The number of aliphatic hydroxyl groups excluding tert-OH is 1. The number of ether oxygens (including phenoxy) is 2. The number of hydrogen-bond acceptors (Lipinski definition) is 5. The second-order valence-corrected chi connectivity index (χ2v) is 2.03. The van der Waals surface area contributed by atoms with E-state index in [9.17, 15) is 0 Å². The molecule has 0 bridgehead atoms.